The number of thioether (sulfide) groups is 1. The molecule has 1 atom stereocenters. The highest BCUT2D eigenvalue weighted by Gasteiger charge is 2.17. The van der Waals surface area contributed by atoms with Gasteiger partial charge in [0.15, 0.2) is 0 Å². The van der Waals surface area contributed by atoms with Gasteiger partial charge in [-0.25, -0.2) is 4.98 Å². The number of aromatic nitrogens is 1. The lowest BCUT2D eigenvalue weighted by molar-refractivity contribution is 0.0949. The highest BCUT2D eigenvalue weighted by Crippen LogP contribution is 2.22. The number of rotatable bonds is 3. The van der Waals surface area contributed by atoms with Crippen LogP contribution in [0.25, 0.3) is 0 Å². The van der Waals surface area contributed by atoms with Crippen molar-refractivity contribution >= 4 is 39.4 Å². The maximum Gasteiger partial charge on any atom is 0.255 e. The second-order valence-electron chi connectivity index (χ2n) is 4.03. The third-order valence-electron chi connectivity index (χ3n) is 2.71. The molecular weight excluding hydrogens is 302 g/mol. The Morgan fingerprint density at radius 1 is 1.71 bits per heavy atom. The molecule has 1 unspecified atom stereocenters. The van der Waals surface area contributed by atoms with E-state index in [0.29, 0.717) is 11.5 Å². The smallest absolute Gasteiger partial charge is 0.255 e. The Labute approximate surface area is 113 Å². The molecule has 1 aromatic heterocycles. The highest BCUT2D eigenvalue weighted by molar-refractivity contribution is 9.10. The maximum atomic E-state index is 11.9. The van der Waals surface area contributed by atoms with Crippen molar-refractivity contribution in [1.29, 1.82) is 0 Å². The molecule has 1 amide bonds. The summed E-state index contributed by atoms with van der Waals surface area (Å²) in [6.45, 7) is 0.720. The minimum Gasteiger partial charge on any atom is -0.383 e. The number of amides is 1. The molecule has 0 spiro atoms. The van der Waals surface area contributed by atoms with Crippen molar-refractivity contribution in [2.45, 2.75) is 6.42 Å². The number of nitrogen functional groups attached to an aromatic ring is 1. The number of nitrogens with one attached hydrogen (secondary N) is 1. The number of halogens is 1. The van der Waals surface area contributed by atoms with Gasteiger partial charge < -0.3 is 11.1 Å². The normalized spacial score (nSPS) is 19.2. The van der Waals surface area contributed by atoms with Crippen LogP contribution in [0, 0.1) is 5.92 Å². The summed E-state index contributed by atoms with van der Waals surface area (Å²) in [4.78, 5) is 15.9. The molecule has 0 bridgehead atoms. The fourth-order valence-corrected chi connectivity index (χ4v) is 3.32. The van der Waals surface area contributed by atoms with Gasteiger partial charge in [0.25, 0.3) is 5.91 Å². The third-order valence-corrected chi connectivity index (χ3v) is 4.37. The van der Waals surface area contributed by atoms with Gasteiger partial charge in [-0.05, 0) is 45.8 Å². The molecule has 0 radical (unpaired) electrons. The lowest BCUT2D eigenvalue weighted by Gasteiger charge is -2.11. The van der Waals surface area contributed by atoms with Crippen molar-refractivity contribution in [2.75, 3.05) is 23.8 Å². The Kier molecular flexibility index (Phi) is 4.28. The molecule has 17 heavy (non-hydrogen) atoms. The molecular formula is C11H14BrN3OS. The van der Waals surface area contributed by atoms with E-state index in [1.807, 2.05) is 11.8 Å². The lowest BCUT2D eigenvalue weighted by Crippen LogP contribution is -2.30. The average Bonchev–Trinajstić information content (AvgIpc) is 2.82. The molecule has 1 aliphatic heterocycles. The van der Waals surface area contributed by atoms with Crippen molar-refractivity contribution in [3.8, 4) is 0 Å². The highest BCUT2D eigenvalue weighted by atomic mass is 79.9. The van der Waals surface area contributed by atoms with Gasteiger partial charge >= 0.3 is 0 Å². The van der Waals surface area contributed by atoms with E-state index in [-0.39, 0.29) is 11.7 Å². The minimum absolute atomic E-state index is 0.145. The zero-order valence-electron chi connectivity index (χ0n) is 9.28. The maximum absolute atomic E-state index is 11.9. The molecule has 6 heteroatoms. The number of carbonyl (C=O) groups is 1. The molecule has 0 saturated carbocycles. The first-order valence-electron chi connectivity index (χ1n) is 5.44. The van der Waals surface area contributed by atoms with E-state index in [9.17, 15) is 4.79 Å². The quantitative estimate of drug-likeness (QED) is 0.894. The molecule has 0 aliphatic carbocycles. The minimum atomic E-state index is -0.145. The Morgan fingerprint density at radius 2 is 2.53 bits per heavy atom. The van der Waals surface area contributed by atoms with Crippen molar-refractivity contribution < 1.29 is 4.79 Å². The summed E-state index contributed by atoms with van der Waals surface area (Å²) in [6, 6.07) is 1.70. The van der Waals surface area contributed by atoms with E-state index in [2.05, 4.69) is 26.2 Å². The fourth-order valence-electron chi connectivity index (χ4n) is 1.71. The summed E-state index contributed by atoms with van der Waals surface area (Å²) in [5.41, 5.74) is 6.11. The fraction of sp³-hybridized carbons (Fsp3) is 0.455. The van der Waals surface area contributed by atoms with Gasteiger partial charge in [-0.3, -0.25) is 4.79 Å². The molecule has 1 aromatic rings. The second kappa shape index (κ2) is 5.73. The Balaban J connectivity index is 1.96. The van der Waals surface area contributed by atoms with Crippen LogP contribution in [0.2, 0.25) is 0 Å². The van der Waals surface area contributed by atoms with E-state index in [4.69, 9.17) is 5.73 Å². The zero-order valence-corrected chi connectivity index (χ0v) is 11.7. The topological polar surface area (TPSA) is 68.0 Å². The molecule has 2 rings (SSSR count). The first-order chi connectivity index (χ1) is 8.16. The monoisotopic (exact) mass is 315 g/mol. The van der Waals surface area contributed by atoms with Gasteiger partial charge in [-0.1, -0.05) is 0 Å². The van der Waals surface area contributed by atoms with Crippen molar-refractivity contribution in [3.05, 3.63) is 22.3 Å². The molecule has 0 aromatic carbocycles. The number of hydrogen-bond acceptors (Lipinski definition) is 4. The van der Waals surface area contributed by atoms with Gasteiger partial charge in [0.05, 0.1) is 5.56 Å². The summed E-state index contributed by atoms with van der Waals surface area (Å²) in [5.74, 6) is 3.04. The molecule has 3 N–H and O–H groups in total. The van der Waals surface area contributed by atoms with Crippen LogP contribution >= 0.6 is 27.7 Å². The first-order valence-corrected chi connectivity index (χ1v) is 7.38. The van der Waals surface area contributed by atoms with Crippen molar-refractivity contribution in [3.63, 3.8) is 0 Å². The molecule has 1 fully saturated rings. The van der Waals surface area contributed by atoms with Crippen LogP contribution in [0.4, 0.5) is 5.82 Å². The van der Waals surface area contributed by atoms with Gasteiger partial charge in [0.1, 0.15) is 5.82 Å². The van der Waals surface area contributed by atoms with Gasteiger partial charge in [0, 0.05) is 17.2 Å². The number of hydrogen-bond donors (Lipinski definition) is 2. The average molecular weight is 316 g/mol. The summed E-state index contributed by atoms with van der Waals surface area (Å²) in [7, 11) is 0. The van der Waals surface area contributed by atoms with Crippen LogP contribution in [-0.2, 0) is 0 Å². The number of anilines is 1. The standard InChI is InChI=1S/C11H14BrN3OS/c12-8-3-9(10(13)14-5-8)11(16)15-4-7-1-2-17-6-7/h3,5,7H,1-2,4,6H2,(H2,13,14)(H,15,16). The van der Waals surface area contributed by atoms with Gasteiger partial charge in [0.2, 0.25) is 0 Å². The van der Waals surface area contributed by atoms with Crippen LogP contribution in [0.1, 0.15) is 16.8 Å². The first kappa shape index (κ1) is 12.7. The van der Waals surface area contributed by atoms with Crippen molar-refractivity contribution in [1.82, 2.24) is 10.3 Å². The lowest BCUT2D eigenvalue weighted by atomic mass is 10.1. The van der Waals surface area contributed by atoms with E-state index < -0.39 is 0 Å². The Hall–Kier alpha value is -0.750. The molecule has 2 heterocycles. The molecule has 92 valence electrons. The Morgan fingerprint density at radius 3 is 3.24 bits per heavy atom. The molecule has 1 aliphatic rings. The van der Waals surface area contributed by atoms with E-state index in [1.54, 1.807) is 12.3 Å². The summed E-state index contributed by atoms with van der Waals surface area (Å²) >= 11 is 5.22. The third kappa shape index (κ3) is 3.35. The summed E-state index contributed by atoms with van der Waals surface area (Å²) in [5, 5.41) is 2.92. The zero-order chi connectivity index (χ0) is 12.3. The molecule has 1 saturated heterocycles. The molecule has 4 nitrogen and oxygen atoms in total. The number of pyridine rings is 1. The van der Waals surface area contributed by atoms with Crippen LogP contribution in [0.5, 0.6) is 0 Å². The van der Waals surface area contributed by atoms with Crippen molar-refractivity contribution in [2.24, 2.45) is 5.92 Å². The number of nitrogens with two attached hydrogens (primary N) is 1. The van der Waals surface area contributed by atoms with E-state index in [1.165, 1.54) is 12.2 Å². The van der Waals surface area contributed by atoms with Crippen LogP contribution in [-0.4, -0.2) is 28.9 Å². The predicted molar refractivity (Wildman–Crippen MR) is 74.1 cm³/mol. The summed E-state index contributed by atoms with van der Waals surface area (Å²) in [6.07, 6.45) is 2.76. The van der Waals surface area contributed by atoms with Gasteiger partial charge in [-0.2, -0.15) is 11.8 Å². The number of carbonyl (C=O) groups excluding carboxylic acids is 1. The predicted octanol–water partition coefficient (Wildman–Crippen LogP) is 1.91. The van der Waals surface area contributed by atoms with Gasteiger partial charge in [-0.15, -0.1) is 0 Å². The second-order valence-corrected chi connectivity index (χ2v) is 6.09. The van der Waals surface area contributed by atoms with Crippen LogP contribution < -0.4 is 11.1 Å². The summed E-state index contributed by atoms with van der Waals surface area (Å²) < 4.78 is 0.758. The van der Waals surface area contributed by atoms with Crippen LogP contribution in [0.3, 0.4) is 0 Å². The van der Waals surface area contributed by atoms with E-state index in [0.717, 1.165) is 16.8 Å². The van der Waals surface area contributed by atoms with E-state index >= 15 is 0 Å². The SMILES string of the molecule is Nc1ncc(Br)cc1C(=O)NCC1CCSC1. The largest absolute Gasteiger partial charge is 0.383 e. The number of nitrogens with zero attached hydrogens (tertiary/aromatic N) is 1. The van der Waals surface area contributed by atoms with Crippen LogP contribution in [0.15, 0.2) is 16.7 Å². The Bertz CT molecular complexity index is 421.